The van der Waals surface area contributed by atoms with Crippen LogP contribution in [0.3, 0.4) is 0 Å². The Bertz CT molecular complexity index is 1480. The van der Waals surface area contributed by atoms with Gasteiger partial charge in [0, 0.05) is 6.42 Å². The van der Waals surface area contributed by atoms with E-state index in [1.165, 1.54) is 5.57 Å². The van der Waals surface area contributed by atoms with Crippen molar-refractivity contribution < 1.29 is 64.3 Å². The molecule has 2 saturated heterocycles. The van der Waals surface area contributed by atoms with Crippen LogP contribution >= 0.6 is 0 Å². The average molecular weight is 765 g/mol. The first-order valence-electron chi connectivity index (χ1n) is 20.0. The van der Waals surface area contributed by atoms with Crippen molar-refractivity contribution in [2.75, 3.05) is 13.2 Å². The van der Waals surface area contributed by atoms with E-state index in [4.69, 9.17) is 18.9 Å². The highest BCUT2D eigenvalue weighted by molar-refractivity contribution is 5.94. The molecule has 13 heteroatoms. The first-order chi connectivity index (χ1) is 25.3. The Labute approximate surface area is 318 Å². The van der Waals surface area contributed by atoms with Crippen LogP contribution in [-0.4, -0.2) is 122 Å². The lowest BCUT2D eigenvalue weighted by atomic mass is 9.43. The number of aliphatic hydroxyl groups is 6. The van der Waals surface area contributed by atoms with Crippen LogP contribution in [-0.2, 0) is 28.5 Å². The molecule has 0 amide bonds. The Kier molecular flexibility index (Phi) is 11.8. The molecule has 0 aromatic rings. The fraction of sp³-hybridized carbons (Fsp3) is 0.854. The Hall–Kier alpha value is -1.78. The zero-order chi connectivity index (χ0) is 39.7. The van der Waals surface area contributed by atoms with Gasteiger partial charge in [-0.3, -0.25) is 9.59 Å². The molecular formula is C41H64O13. The van der Waals surface area contributed by atoms with Crippen molar-refractivity contribution in [1.82, 2.24) is 0 Å². The number of ketones is 1. The Balaban J connectivity index is 1.23. The topological polar surface area (TPSA) is 213 Å². The van der Waals surface area contributed by atoms with Crippen LogP contribution in [0.5, 0.6) is 0 Å². The minimum absolute atomic E-state index is 0.0669. The largest absolute Gasteiger partial charge is 0.481 e. The van der Waals surface area contributed by atoms with Gasteiger partial charge in [0.25, 0.3) is 0 Å². The van der Waals surface area contributed by atoms with Crippen LogP contribution in [0, 0.1) is 39.4 Å². The second-order valence-electron chi connectivity index (χ2n) is 18.5. The average Bonchev–Trinajstić information content (AvgIpc) is 3.45. The van der Waals surface area contributed by atoms with Crippen LogP contribution in [0.1, 0.15) is 106 Å². The normalized spacial score (nSPS) is 46.6. The minimum Gasteiger partial charge on any atom is -0.481 e. The molecule has 54 heavy (non-hydrogen) atoms. The summed E-state index contributed by atoms with van der Waals surface area (Å²) in [6.07, 6.45) is -6.57. The Morgan fingerprint density at radius 3 is 2.24 bits per heavy atom. The van der Waals surface area contributed by atoms with Gasteiger partial charge >= 0.3 is 5.97 Å². The van der Waals surface area contributed by atoms with E-state index >= 15 is 0 Å². The standard InChI is InChI=1S/C41H64O13/c1-20(2)25(43)10-8-21(3)22-13-17-41(37(49)50)24-9-11-28-38(4,5)29(14-15-39(28,6)23(24)12-16-40(22,41)7)53-36-34(30(45)26(44)19-51-36)54-35-33(48)32(47)31(46)27(18-42)52-35/h21-22,26-36,42,44-48H,1,8-19H2,2-7H3,(H,49,50)/t21-,22?,26+,27?,28?,29+,30?,31+,32?,33?,34?,35+,36+,39-,40-,41?/m1/s1. The number of rotatable bonds is 11. The molecule has 2 aliphatic heterocycles. The van der Waals surface area contributed by atoms with Gasteiger partial charge in [-0.1, -0.05) is 52.3 Å². The van der Waals surface area contributed by atoms with Crippen LogP contribution in [0.15, 0.2) is 23.3 Å². The molecule has 13 nitrogen and oxygen atoms in total. The Morgan fingerprint density at radius 1 is 0.889 bits per heavy atom. The summed E-state index contributed by atoms with van der Waals surface area (Å²) in [6, 6.07) is 0. The number of carboxylic acid groups (broad SMARTS) is 1. The number of carbonyl (C=O) groups is 2. The summed E-state index contributed by atoms with van der Waals surface area (Å²) in [5.41, 5.74) is 0.868. The summed E-state index contributed by atoms with van der Waals surface area (Å²) in [5, 5.41) is 73.7. The lowest BCUT2D eigenvalue weighted by Crippen LogP contribution is -2.64. The highest BCUT2D eigenvalue weighted by atomic mass is 16.8. The molecule has 8 unspecified atom stereocenters. The SMILES string of the molecule is C=C(C)C(=O)CC[C@@H](C)C1CCC2(C(=O)O)C3=C(CC[C@]12C)[C@@]1(C)CC[C@H](O[C@@H]2OC[C@H](O)C(O)C2O[C@@H]2OC(CO)[C@H](O)C(O)C2O)C(C)(C)C1CC3. The van der Waals surface area contributed by atoms with Gasteiger partial charge < -0.3 is 54.7 Å². The molecule has 16 atom stereocenters. The van der Waals surface area contributed by atoms with Crippen molar-refractivity contribution in [2.45, 2.75) is 167 Å². The smallest absolute Gasteiger partial charge is 0.314 e. The number of hydrogen-bond acceptors (Lipinski definition) is 12. The minimum atomic E-state index is -1.72. The Morgan fingerprint density at radius 2 is 1.59 bits per heavy atom. The molecule has 0 spiro atoms. The highest BCUT2D eigenvalue weighted by Gasteiger charge is 2.68. The second kappa shape index (κ2) is 15.2. The van der Waals surface area contributed by atoms with Gasteiger partial charge in [0.05, 0.1) is 24.7 Å². The van der Waals surface area contributed by atoms with E-state index in [9.17, 15) is 45.3 Å². The molecule has 0 aromatic carbocycles. The van der Waals surface area contributed by atoms with Gasteiger partial charge in [0.1, 0.15) is 42.7 Å². The first-order valence-corrected chi connectivity index (χ1v) is 20.0. The van der Waals surface area contributed by atoms with Crippen LogP contribution in [0.25, 0.3) is 0 Å². The van der Waals surface area contributed by atoms with Gasteiger partial charge in [0.15, 0.2) is 18.4 Å². The van der Waals surface area contributed by atoms with E-state index in [-0.39, 0.29) is 41.7 Å². The highest BCUT2D eigenvalue weighted by Crippen LogP contribution is 2.73. The summed E-state index contributed by atoms with van der Waals surface area (Å²) in [6.45, 7) is 15.7. The molecule has 2 saturated carbocycles. The molecule has 0 bridgehead atoms. The van der Waals surface area contributed by atoms with Gasteiger partial charge in [-0.25, -0.2) is 0 Å². The molecule has 2 heterocycles. The van der Waals surface area contributed by atoms with E-state index < -0.39 is 84.1 Å². The number of hydrogen-bond donors (Lipinski definition) is 7. The summed E-state index contributed by atoms with van der Waals surface area (Å²) in [4.78, 5) is 26.1. The summed E-state index contributed by atoms with van der Waals surface area (Å²) in [7, 11) is 0. The third-order valence-electron chi connectivity index (χ3n) is 15.4. The van der Waals surface area contributed by atoms with Gasteiger partial charge in [-0.2, -0.15) is 0 Å². The maximum atomic E-state index is 13.7. The molecule has 6 rings (SSSR count). The maximum Gasteiger partial charge on any atom is 0.314 e. The number of aliphatic hydroxyl groups excluding tert-OH is 6. The lowest BCUT2D eigenvalue weighted by molar-refractivity contribution is -0.365. The maximum absolute atomic E-state index is 13.7. The second-order valence-corrected chi connectivity index (χ2v) is 18.5. The molecule has 0 radical (unpaired) electrons. The molecule has 7 N–H and O–H groups in total. The number of carbonyl (C=O) groups excluding carboxylic acids is 1. The number of carboxylic acids is 1. The van der Waals surface area contributed by atoms with Crippen LogP contribution in [0.2, 0.25) is 0 Å². The lowest BCUT2D eigenvalue weighted by Gasteiger charge is -2.62. The number of fused-ring (bicyclic) bond motifs is 4. The van der Waals surface area contributed by atoms with Gasteiger partial charge in [-0.15, -0.1) is 0 Å². The zero-order valence-corrected chi connectivity index (χ0v) is 32.8. The summed E-state index contributed by atoms with van der Waals surface area (Å²) < 4.78 is 24.1. The number of ether oxygens (including phenoxy) is 4. The van der Waals surface area contributed by atoms with E-state index in [0.717, 1.165) is 44.1 Å². The fourth-order valence-corrected chi connectivity index (χ4v) is 12.3. The van der Waals surface area contributed by atoms with E-state index in [1.54, 1.807) is 6.92 Å². The monoisotopic (exact) mass is 764 g/mol. The van der Waals surface area contributed by atoms with Crippen LogP contribution < -0.4 is 0 Å². The van der Waals surface area contributed by atoms with Gasteiger partial charge in [-0.05, 0) is 104 Å². The summed E-state index contributed by atoms with van der Waals surface area (Å²) >= 11 is 0. The predicted octanol–water partition coefficient (Wildman–Crippen LogP) is 3.01. The van der Waals surface area contributed by atoms with Crippen molar-refractivity contribution in [3.63, 3.8) is 0 Å². The van der Waals surface area contributed by atoms with E-state index in [1.807, 2.05) is 0 Å². The molecule has 4 aliphatic carbocycles. The molecule has 306 valence electrons. The van der Waals surface area contributed by atoms with Crippen molar-refractivity contribution >= 4 is 11.8 Å². The fourth-order valence-electron chi connectivity index (χ4n) is 12.3. The van der Waals surface area contributed by atoms with Crippen LogP contribution in [0.4, 0.5) is 0 Å². The summed E-state index contributed by atoms with van der Waals surface area (Å²) in [5.74, 6) is -0.142. The van der Waals surface area contributed by atoms with E-state index in [2.05, 4.69) is 41.2 Å². The molecular weight excluding hydrogens is 700 g/mol. The number of Topliss-reactive ketones (excluding diaryl/α,β-unsaturated/α-hetero) is 1. The van der Waals surface area contributed by atoms with Crippen molar-refractivity contribution in [3.05, 3.63) is 23.3 Å². The number of aliphatic carboxylic acids is 1. The van der Waals surface area contributed by atoms with Crippen molar-refractivity contribution in [2.24, 2.45) is 39.4 Å². The number of allylic oxidation sites excluding steroid dienone is 2. The third kappa shape index (κ3) is 6.56. The zero-order valence-electron chi connectivity index (χ0n) is 32.8. The predicted molar refractivity (Wildman–Crippen MR) is 194 cm³/mol. The van der Waals surface area contributed by atoms with E-state index in [0.29, 0.717) is 31.3 Å². The van der Waals surface area contributed by atoms with Crippen molar-refractivity contribution in [3.8, 4) is 0 Å². The molecule has 4 fully saturated rings. The quantitative estimate of drug-likeness (QED) is 0.119. The first kappa shape index (κ1) is 41.8. The molecule has 6 aliphatic rings. The van der Waals surface area contributed by atoms with Gasteiger partial charge in [0.2, 0.25) is 0 Å². The van der Waals surface area contributed by atoms with Crippen molar-refractivity contribution in [1.29, 1.82) is 0 Å². The molecule has 0 aromatic heterocycles. The third-order valence-corrected chi connectivity index (χ3v) is 15.4.